The zero-order valence-electron chi connectivity index (χ0n) is 9.33. The molecule has 1 aromatic carbocycles. The number of benzene rings is 1. The summed E-state index contributed by atoms with van der Waals surface area (Å²) in [5.41, 5.74) is 3.48. The molecule has 3 N–H and O–H groups in total. The average Bonchev–Trinajstić information content (AvgIpc) is 2.27. The third-order valence-electron chi connectivity index (χ3n) is 2.94. The molecule has 3 heteroatoms. The molecule has 15 heavy (non-hydrogen) atoms. The Morgan fingerprint density at radius 2 is 2.07 bits per heavy atom. The molecule has 2 unspecified atom stereocenters. The van der Waals surface area contributed by atoms with Gasteiger partial charge >= 0.3 is 0 Å². The van der Waals surface area contributed by atoms with E-state index in [0.717, 1.165) is 12.0 Å². The second kappa shape index (κ2) is 5.83. The third-order valence-corrected chi connectivity index (χ3v) is 2.94. The van der Waals surface area contributed by atoms with Crippen LogP contribution in [0.3, 0.4) is 0 Å². The lowest BCUT2D eigenvalue weighted by Crippen LogP contribution is -2.41. The monoisotopic (exact) mass is 210 g/mol. The van der Waals surface area contributed by atoms with Crippen molar-refractivity contribution < 1.29 is 4.39 Å². The van der Waals surface area contributed by atoms with Crippen LogP contribution in [-0.2, 0) is 6.42 Å². The van der Waals surface area contributed by atoms with Crippen LogP contribution in [0.5, 0.6) is 0 Å². The second-order valence-electron chi connectivity index (χ2n) is 3.95. The first-order valence-electron chi connectivity index (χ1n) is 5.38. The van der Waals surface area contributed by atoms with Crippen LogP contribution in [-0.4, -0.2) is 6.04 Å². The Morgan fingerprint density at radius 3 is 2.60 bits per heavy atom. The van der Waals surface area contributed by atoms with Crippen molar-refractivity contribution in [3.05, 3.63) is 35.6 Å². The van der Waals surface area contributed by atoms with E-state index in [2.05, 4.69) is 19.3 Å². The smallest absolute Gasteiger partial charge is 0.126 e. The molecule has 84 valence electrons. The van der Waals surface area contributed by atoms with E-state index in [0.29, 0.717) is 12.3 Å². The van der Waals surface area contributed by atoms with Crippen molar-refractivity contribution in [1.29, 1.82) is 0 Å². The predicted octanol–water partition coefficient (Wildman–Crippen LogP) is 2.25. The molecule has 1 rings (SSSR count). The summed E-state index contributed by atoms with van der Waals surface area (Å²) < 4.78 is 13.4. The fourth-order valence-electron chi connectivity index (χ4n) is 1.61. The first kappa shape index (κ1) is 12.1. The quantitative estimate of drug-likeness (QED) is 0.578. The molecule has 0 fully saturated rings. The van der Waals surface area contributed by atoms with Crippen molar-refractivity contribution in [2.45, 2.75) is 32.7 Å². The van der Waals surface area contributed by atoms with Gasteiger partial charge < -0.3 is 0 Å². The van der Waals surface area contributed by atoms with Crippen LogP contribution in [0, 0.1) is 11.7 Å². The first-order valence-corrected chi connectivity index (χ1v) is 5.38. The summed E-state index contributed by atoms with van der Waals surface area (Å²) in [5.74, 6) is 5.76. The molecule has 0 amide bonds. The van der Waals surface area contributed by atoms with Gasteiger partial charge in [0.25, 0.3) is 0 Å². The van der Waals surface area contributed by atoms with Gasteiger partial charge in [-0.05, 0) is 24.0 Å². The van der Waals surface area contributed by atoms with Crippen molar-refractivity contribution >= 4 is 0 Å². The Morgan fingerprint density at radius 1 is 1.40 bits per heavy atom. The fourth-order valence-corrected chi connectivity index (χ4v) is 1.61. The van der Waals surface area contributed by atoms with Crippen molar-refractivity contribution in [1.82, 2.24) is 5.43 Å². The summed E-state index contributed by atoms with van der Waals surface area (Å²) in [5, 5.41) is 0. The standard InChI is InChI=1S/C12H19FN2/c1-3-9(2)12(15-14)8-10-6-4-5-7-11(10)13/h4-7,9,12,15H,3,8,14H2,1-2H3. The summed E-state index contributed by atoms with van der Waals surface area (Å²) in [7, 11) is 0. The molecule has 2 atom stereocenters. The van der Waals surface area contributed by atoms with Crippen LogP contribution in [0.15, 0.2) is 24.3 Å². The fraction of sp³-hybridized carbons (Fsp3) is 0.500. The molecule has 0 saturated heterocycles. The summed E-state index contributed by atoms with van der Waals surface area (Å²) in [6.45, 7) is 4.22. The zero-order valence-corrected chi connectivity index (χ0v) is 9.33. The van der Waals surface area contributed by atoms with E-state index in [4.69, 9.17) is 5.84 Å². The number of nitrogens with one attached hydrogen (secondary N) is 1. The lowest BCUT2D eigenvalue weighted by molar-refractivity contribution is 0.366. The number of rotatable bonds is 5. The Balaban J connectivity index is 2.71. The summed E-state index contributed by atoms with van der Waals surface area (Å²) in [4.78, 5) is 0. The highest BCUT2D eigenvalue weighted by Crippen LogP contribution is 2.15. The Hall–Kier alpha value is -0.930. The van der Waals surface area contributed by atoms with Crippen molar-refractivity contribution in [2.24, 2.45) is 11.8 Å². The molecule has 0 radical (unpaired) electrons. The van der Waals surface area contributed by atoms with E-state index in [-0.39, 0.29) is 11.9 Å². The number of hydrogen-bond acceptors (Lipinski definition) is 2. The van der Waals surface area contributed by atoms with Gasteiger partial charge in [-0.1, -0.05) is 38.5 Å². The number of nitrogens with two attached hydrogens (primary N) is 1. The SMILES string of the molecule is CCC(C)C(Cc1ccccc1F)NN. The minimum atomic E-state index is -0.152. The van der Waals surface area contributed by atoms with Gasteiger partial charge in [0.05, 0.1) is 0 Å². The molecule has 0 saturated carbocycles. The van der Waals surface area contributed by atoms with Gasteiger partial charge in [-0.25, -0.2) is 4.39 Å². The van der Waals surface area contributed by atoms with Gasteiger partial charge in [-0.15, -0.1) is 0 Å². The molecule has 1 aromatic rings. The molecular weight excluding hydrogens is 191 g/mol. The van der Waals surface area contributed by atoms with Gasteiger partial charge in [0.2, 0.25) is 0 Å². The maximum absolute atomic E-state index is 13.4. The Labute approximate surface area is 90.6 Å². The van der Waals surface area contributed by atoms with Gasteiger partial charge in [0.1, 0.15) is 5.82 Å². The molecule has 0 aromatic heterocycles. The summed E-state index contributed by atoms with van der Waals surface area (Å²) >= 11 is 0. The summed E-state index contributed by atoms with van der Waals surface area (Å²) in [6.07, 6.45) is 1.67. The maximum atomic E-state index is 13.4. The lowest BCUT2D eigenvalue weighted by Gasteiger charge is -2.22. The predicted molar refractivity (Wildman–Crippen MR) is 60.7 cm³/mol. The van der Waals surface area contributed by atoms with E-state index in [1.54, 1.807) is 6.07 Å². The van der Waals surface area contributed by atoms with Crippen LogP contribution < -0.4 is 11.3 Å². The number of halogens is 1. The molecule has 0 bridgehead atoms. The van der Waals surface area contributed by atoms with Crippen LogP contribution >= 0.6 is 0 Å². The number of hydrogen-bond donors (Lipinski definition) is 2. The topological polar surface area (TPSA) is 38.0 Å². The van der Waals surface area contributed by atoms with Crippen molar-refractivity contribution in [3.63, 3.8) is 0 Å². The van der Waals surface area contributed by atoms with Crippen LogP contribution in [0.2, 0.25) is 0 Å². The molecule has 2 nitrogen and oxygen atoms in total. The van der Waals surface area contributed by atoms with Gasteiger partial charge in [0, 0.05) is 6.04 Å². The molecule has 0 aliphatic heterocycles. The van der Waals surface area contributed by atoms with Crippen LogP contribution in [0.1, 0.15) is 25.8 Å². The molecule has 0 heterocycles. The van der Waals surface area contributed by atoms with E-state index in [1.807, 2.05) is 12.1 Å². The second-order valence-corrected chi connectivity index (χ2v) is 3.95. The normalized spacial score (nSPS) is 14.9. The lowest BCUT2D eigenvalue weighted by atomic mass is 9.93. The van der Waals surface area contributed by atoms with E-state index < -0.39 is 0 Å². The maximum Gasteiger partial charge on any atom is 0.126 e. The van der Waals surface area contributed by atoms with Gasteiger partial charge in [-0.2, -0.15) is 0 Å². The van der Waals surface area contributed by atoms with E-state index in [9.17, 15) is 4.39 Å². The van der Waals surface area contributed by atoms with Crippen molar-refractivity contribution in [3.8, 4) is 0 Å². The van der Waals surface area contributed by atoms with Gasteiger partial charge in [-0.3, -0.25) is 11.3 Å². The minimum Gasteiger partial charge on any atom is -0.271 e. The molecular formula is C12H19FN2. The van der Waals surface area contributed by atoms with Crippen molar-refractivity contribution in [2.75, 3.05) is 0 Å². The zero-order chi connectivity index (χ0) is 11.3. The Bertz CT molecular complexity index is 301. The van der Waals surface area contributed by atoms with Gasteiger partial charge in [0.15, 0.2) is 0 Å². The number of hydrazine groups is 1. The largest absolute Gasteiger partial charge is 0.271 e. The minimum absolute atomic E-state index is 0.131. The van der Waals surface area contributed by atoms with Crippen LogP contribution in [0.4, 0.5) is 4.39 Å². The summed E-state index contributed by atoms with van der Waals surface area (Å²) in [6, 6.07) is 6.98. The highest BCUT2D eigenvalue weighted by atomic mass is 19.1. The first-order chi connectivity index (χ1) is 7.19. The third kappa shape index (κ3) is 3.29. The van der Waals surface area contributed by atoms with Crippen LogP contribution in [0.25, 0.3) is 0 Å². The average molecular weight is 210 g/mol. The highest BCUT2D eigenvalue weighted by Gasteiger charge is 2.16. The van der Waals surface area contributed by atoms with E-state index >= 15 is 0 Å². The molecule has 0 aliphatic carbocycles. The molecule has 0 aliphatic rings. The Kier molecular flexibility index (Phi) is 4.72. The highest BCUT2D eigenvalue weighted by molar-refractivity contribution is 5.18. The molecule has 0 spiro atoms. The van der Waals surface area contributed by atoms with E-state index in [1.165, 1.54) is 6.07 Å².